The van der Waals surface area contributed by atoms with Gasteiger partial charge in [-0.05, 0) is 19.9 Å². The third-order valence-corrected chi connectivity index (χ3v) is 3.10. The minimum atomic E-state index is 0.280. The Morgan fingerprint density at radius 2 is 1.86 bits per heavy atom. The van der Waals surface area contributed by atoms with Gasteiger partial charge in [-0.2, -0.15) is 0 Å². The number of nitrogens with zero attached hydrogens (tertiary/aromatic N) is 4. The fourth-order valence-corrected chi connectivity index (χ4v) is 1.90. The van der Waals surface area contributed by atoms with Gasteiger partial charge in [-0.15, -0.1) is 0 Å². The van der Waals surface area contributed by atoms with E-state index in [9.17, 15) is 0 Å². The number of aromatic nitrogens is 4. The van der Waals surface area contributed by atoms with Crippen LogP contribution in [-0.2, 0) is 6.54 Å². The number of nitrogens with one attached hydrogen (secondary N) is 2. The van der Waals surface area contributed by atoms with E-state index in [0.717, 1.165) is 35.3 Å². The van der Waals surface area contributed by atoms with E-state index in [4.69, 9.17) is 0 Å². The van der Waals surface area contributed by atoms with Gasteiger partial charge < -0.3 is 10.6 Å². The van der Waals surface area contributed by atoms with Crippen molar-refractivity contribution < 1.29 is 0 Å². The third kappa shape index (κ3) is 3.87. The second-order valence-corrected chi connectivity index (χ2v) is 5.14. The van der Waals surface area contributed by atoms with Crippen molar-refractivity contribution in [2.24, 2.45) is 0 Å². The molecule has 0 aliphatic carbocycles. The lowest BCUT2D eigenvalue weighted by Crippen LogP contribution is -2.12. The number of hydrogen-bond donors (Lipinski definition) is 2. The fraction of sp³-hybridized carbons (Fsp3) is 0.467. The molecule has 6 heteroatoms. The predicted octanol–water partition coefficient (Wildman–Crippen LogP) is 2.74. The highest BCUT2D eigenvalue weighted by molar-refractivity contribution is 5.57. The van der Waals surface area contributed by atoms with Crippen LogP contribution in [0, 0.1) is 6.92 Å². The van der Waals surface area contributed by atoms with Gasteiger partial charge in [-0.3, -0.25) is 0 Å². The number of anilines is 2. The summed E-state index contributed by atoms with van der Waals surface area (Å²) in [7, 11) is 0. The first-order valence-corrected chi connectivity index (χ1v) is 7.23. The number of rotatable bonds is 6. The molecule has 0 atom stereocenters. The standard InChI is InChI=1S/C15H22N6/c1-5-17-14-11(4)15(21-13(20-14)10(2)3)18-8-12-6-7-16-9-19-12/h6-7,9-10H,5,8H2,1-4H3,(H2,17,18,20,21). The second kappa shape index (κ2) is 6.97. The monoisotopic (exact) mass is 286 g/mol. The lowest BCUT2D eigenvalue weighted by Gasteiger charge is -2.15. The first-order chi connectivity index (χ1) is 10.1. The van der Waals surface area contributed by atoms with E-state index < -0.39 is 0 Å². The quantitative estimate of drug-likeness (QED) is 0.850. The Morgan fingerprint density at radius 3 is 2.43 bits per heavy atom. The topological polar surface area (TPSA) is 75.6 Å². The zero-order valence-corrected chi connectivity index (χ0v) is 13.0. The Kier molecular flexibility index (Phi) is 5.03. The molecule has 2 aromatic heterocycles. The van der Waals surface area contributed by atoms with Crippen molar-refractivity contribution in [1.29, 1.82) is 0 Å². The van der Waals surface area contributed by atoms with E-state index in [0.29, 0.717) is 6.54 Å². The van der Waals surface area contributed by atoms with Crippen molar-refractivity contribution in [2.45, 2.75) is 40.2 Å². The highest BCUT2D eigenvalue weighted by Gasteiger charge is 2.12. The van der Waals surface area contributed by atoms with Gasteiger partial charge in [-0.1, -0.05) is 13.8 Å². The van der Waals surface area contributed by atoms with E-state index in [2.05, 4.69) is 51.3 Å². The normalized spacial score (nSPS) is 10.7. The summed E-state index contributed by atoms with van der Waals surface area (Å²) in [5.74, 6) is 2.86. The Bertz CT molecular complexity index is 582. The number of hydrogen-bond acceptors (Lipinski definition) is 6. The lowest BCUT2D eigenvalue weighted by molar-refractivity contribution is 0.771. The summed E-state index contributed by atoms with van der Waals surface area (Å²) >= 11 is 0. The summed E-state index contributed by atoms with van der Waals surface area (Å²) in [5.41, 5.74) is 1.95. The van der Waals surface area contributed by atoms with Crippen molar-refractivity contribution in [3.8, 4) is 0 Å². The molecule has 0 aromatic carbocycles. The summed E-state index contributed by atoms with van der Waals surface area (Å²) in [6.45, 7) is 9.71. The molecule has 112 valence electrons. The highest BCUT2D eigenvalue weighted by atomic mass is 15.1. The largest absolute Gasteiger partial charge is 0.370 e. The van der Waals surface area contributed by atoms with Gasteiger partial charge in [0.15, 0.2) is 0 Å². The van der Waals surface area contributed by atoms with Gasteiger partial charge in [0.2, 0.25) is 0 Å². The van der Waals surface area contributed by atoms with Crippen molar-refractivity contribution in [3.63, 3.8) is 0 Å². The Morgan fingerprint density at radius 1 is 1.14 bits per heavy atom. The van der Waals surface area contributed by atoms with Crippen LogP contribution in [0.3, 0.4) is 0 Å². The Balaban J connectivity index is 2.24. The molecule has 6 nitrogen and oxygen atoms in total. The molecule has 0 unspecified atom stereocenters. The van der Waals surface area contributed by atoms with Gasteiger partial charge in [0, 0.05) is 24.2 Å². The molecule has 2 aromatic rings. The van der Waals surface area contributed by atoms with Gasteiger partial charge in [0.25, 0.3) is 0 Å². The van der Waals surface area contributed by atoms with E-state index in [-0.39, 0.29) is 5.92 Å². The van der Waals surface area contributed by atoms with Crippen LogP contribution in [0.25, 0.3) is 0 Å². The second-order valence-electron chi connectivity index (χ2n) is 5.14. The molecule has 0 radical (unpaired) electrons. The highest BCUT2D eigenvalue weighted by Crippen LogP contribution is 2.23. The van der Waals surface area contributed by atoms with Crippen molar-refractivity contribution in [2.75, 3.05) is 17.2 Å². The summed E-state index contributed by atoms with van der Waals surface area (Å²) < 4.78 is 0. The summed E-state index contributed by atoms with van der Waals surface area (Å²) in [6, 6.07) is 1.89. The van der Waals surface area contributed by atoms with Crippen molar-refractivity contribution in [3.05, 3.63) is 35.7 Å². The summed E-state index contributed by atoms with van der Waals surface area (Å²) in [6.07, 6.45) is 3.29. The lowest BCUT2D eigenvalue weighted by atomic mass is 10.2. The molecule has 0 amide bonds. The molecule has 0 fully saturated rings. The van der Waals surface area contributed by atoms with E-state index in [1.807, 2.05) is 13.0 Å². The van der Waals surface area contributed by atoms with Crippen LogP contribution < -0.4 is 10.6 Å². The molecule has 0 saturated heterocycles. The molecule has 2 rings (SSSR count). The zero-order valence-electron chi connectivity index (χ0n) is 13.0. The summed E-state index contributed by atoms with van der Waals surface area (Å²) in [5, 5.41) is 6.63. The van der Waals surface area contributed by atoms with Crippen LogP contribution in [0.2, 0.25) is 0 Å². The van der Waals surface area contributed by atoms with E-state index in [1.165, 1.54) is 0 Å². The van der Waals surface area contributed by atoms with Crippen LogP contribution in [0.5, 0.6) is 0 Å². The first-order valence-electron chi connectivity index (χ1n) is 7.23. The molecule has 2 N–H and O–H groups in total. The van der Waals surface area contributed by atoms with Crippen LogP contribution in [-0.4, -0.2) is 26.5 Å². The molecule has 0 spiro atoms. The molecule has 2 heterocycles. The maximum atomic E-state index is 4.62. The van der Waals surface area contributed by atoms with Crippen LogP contribution in [0.15, 0.2) is 18.6 Å². The Hall–Kier alpha value is -2.24. The fourth-order valence-electron chi connectivity index (χ4n) is 1.90. The maximum absolute atomic E-state index is 4.62. The minimum Gasteiger partial charge on any atom is -0.370 e. The third-order valence-electron chi connectivity index (χ3n) is 3.10. The first kappa shape index (κ1) is 15.2. The zero-order chi connectivity index (χ0) is 15.2. The Labute approximate surface area is 125 Å². The molecule has 0 aliphatic rings. The van der Waals surface area contributed by atoms with E-state index >= 15 is 0 Å². The summed E-state index contributed by atoms with van der Waals surface area (Å²) in [4.78, 5) is 17.3. The smallest absolute Gasteiger partial charge is 0.135 e. The van der Waals surface area contributed by atoms with Gasteiger partial charge in [0.1, 0.15) is 23.8 Å². The van der Waals surface area contributed by atoms with Gasteiger partial charge in [-0.25, -0.2) is 19.9 Å². The van der Waals surface area contributed by atoms with E-state index in [1.54, 1.807) is 12.5 Å². The van der Waals surface area contributed by atoms with Gasteiger partial charge in [0.05, 0.1) is 12.2 Å². The molecular formula is C15H22N6. The van der Waals surface area contributed by atoms with Crippen molar-refractivity contribution >= 4 is 11.6 Å². The minimum absolute atomic E-state index is 0.280. The molecular weight excluding hydrogens is 264 g/mol. The van der Waals surface area contributed by atoms with Crippen molar-refractivity contribution in [1.82, 2.24) is 19.9 Å². The predicted molar refractivity (Wildman–Crippen MR) is 84.4 cm³/mol. The molecule has 0 bridgehead atoms. The average molecular weight is 286 g/mol. The molecule has 0 saturated carbocycles. The van der Waals surface area contributed by atoms with Crippen LogP contribution in [0.4, 0.5) is 11.6 Å². The van der Waals surface area contributed by atoms with Gasteiger partial charge >= 0.3 is 0 Å². The SMILES string of the molecule is CCNc1nc(C(C)C)nc(NCc2ccncn2)c1C. The molecule has 0 aliphatic heterocycles. The molecule has 21 heavy (non-hydrogen) atoms. The van der Waals surface area contributed by atoms with Crippen LogP contribution >= 0.6 is 0 Å². The van der Waals surface area contributed by atoms with Crippen LogP contribution in [0.1, 0.15) is 43.8 Å². The average Bonchev–Trinajstić information content (AvgIpc) is 2.49. The maximum Gasteiger partial charge on any atom is 0.135 e.